The molecule has 1 atom stereocenters. The minimum Gasteiger partial charge on any atom is -0.612 e. The van der Waals surface area contributed by atoms with Gasteiger partial charge in [-0.25, -0.2) is 0 Å². The molecule has 0 radical (unpaired) electrons. The van der Waals surface area contributed by atoms with Crippen molar-refractivity contribution >= 4 is 11.2 Å². The minimum absolute atomic E-state index is 0.0394. The van der Waals surface area contributed by atoms with Crippen LogP contribution in [-0.4, -0.2) is 16.1 Å². The summed E-state index contributed by atoms with van der Waals surface area (Å²) in [6, 6.07) is 0. The monoisotopic (exact) mass is 128 g/mol. The van der Waals surface area contributed by atoms with Gasteiger partial charge in [-0.1, -0.05) is 0 Å². The van der Waals surface area contributed by atoms with Crippen LogP contribution in [0.25, 0.3) is 0 Å². The molecule has 0 aliphatic carbocycles. The second-order valence-electron chi connectivity index (χ2n) is 0.930. The van der Waals surface area contributed by atoms with Crippen molar-refractivity contribution in [3.05, 3.63) is 0 Å². The van der Waals surface area contributed by atoms with Gasteiger partial charge < -0.3 is 4.55 Å². The first-order chi connectivity index (χ1) is 3.18. The predicted molar refractivity (Wildman–Crippen MR) is 24.7 cm³/mol. The summed E-state index contributed by atoms with van der Waals surface area (Å²) in [5.41, 5.74) is 0. The average Bonchev–Trinajstić information content (AvgIpc) is 1.65. The Bertz CT molecular complexity index is 50.2. The van der Waals surface area contributed by atoms with Gasteiger partial charge in [0, 0.05) is 11.2 Å². The van der Waals surface area contributed by atoms with E-state index in [-0.39, 0.29) is 5.75 Å². The summed E-state index contributed by atoms with van der Waals surface area (Å²) in [7, 11) is 0. The highest BCUT2D eigenvalue weighted by atomic mass is 32.2. The highest BCUT2D eigenvalue weighted by Gasteiger charge is 2.15. The van der Waals surface area contributed by atoms with Gasteiger partial charge in [-0.05, 0) is 6.92 Å². The van der Waals surface area contributed by atoms with Gasteiger partial charge in [-0.2, -0.15) is 8.78 Å². The molecule has 0 fully saturated rings. The summed E-state index contributed by atoms with van der Waals surface area (Å²) < 4.78 is 32.1. The van der Waals surface area contributed by atoms with Crippen molar-refractivity contribution in [1.82, 2.24) is 0 Å². The third-order valence-electron chi connectivity index (χ3n) is 0.483. The standard InChI is InChI=1S/C3H6F2OS/c1-2-7(6)3(4)5/h3H,2H2,1H3. The Morgan fingerprint density at radius 2 is 2.14 bits per heavy atom. The zero-order chi connectivity index (χ0) is 5.86. The van der Waals surface area contributed by atoms with Gasteiger partial charge in [0.15, 0.2) is 0 Å². The maximum Gasteiger partial charge on any atom is 0.397 e. The molecule has 0 amide bonds. The number of alkyl halides is 2. The van der Waals surface area contributed by atoms with E-state index in [1.54, 1.807) is 0 Å². The SMILES string of the molecule is CC[S+]([O-])C(F)F. The van der Waals surface area contributed by atoms with Crippen molar-refractivity contribution in [2.24, 2.45) is 0 Å². The van der Waals surface area contributed by atoms with E-state index in [0.29, 0.717) is 0 Å². The lowest BCUT2D eigenvalue weighted by molar-refractivity contribution is 0.235. The van der Waals surface area contributed by atoms with Crippen LogP contribution in [0.5, 0.6) is 0 Å². The van der Waals surface area contributed by atoms with Crippen LogP contribution in [0.2, 0.25) is 0 Å². The maximum absolute atomic E-state index is 11.1. The molecular formula is C3H6F2OS. The van der Waals surface area contributed by atoms with Gasteiger partial charge in [0.2, 0.25) is 0 Å². The largest absolute Gasteiger partial charge is 0.612 e. The minimum atomic E-state index is -2.66. The molecule has 1 unspecified atom stereocenters. The molecule has 0 aromatic heterocycles. The third-order valence-corrected chi connectivity index (χ3v) is 1.45. The van der Waals surface area contributed by atoms with Crippen LogP contribution in [0, 0.1) is 0 Å². The zero-order valence-electron chi connectivity index (χ0n) is 3.86. The Kier molecular flexibility index (Phi) is 3.29. The first kappa shape index (κ1) is 7.17. The first-order valence-electron chi connectivity index (χ1n) is 1.83. The molecule has 0 aliphatic rings. The predicted octanol–water partition coefficient (Wildman–Crippen LogP) is 0.978. The lowest BCUT2D eigenvalue weighted by Crippen LogP contribution is -2.12. The van der Waals surface area contributed by atoms with E-state index in [9.17, 15) is 13.3 Å². The fourth-order valence-electron chi connectivity index (χ4n) is 0.126. The van der Waals surface area contributed by atoms with Gasteiger partial charge in [0.1, 0.15) is 5.75 Å². The molecular weight excluding hydrogens is 122 g/mol. The quantitative estimate of drug-likeness (QED) is 0.508. The lowest BCUT2D eigenvalue weighted by atomic mass is 11.0. The molecule has 0 saturated heterocycles. The Hall–Kier alpha value is 0.170. The van der Waals surface area contributed by atoms with E-state index < -0.39 is 16.9 Å². The second-order valence-corrected chi connectivity index (χ2v) is 2.63. The lowest BCUT2D eigenvalue weighted by Gasteiger charge is -2.03. The summed E-state index contributed by atoms with van der Waals surface area (Å²) in [4.78, 5) is 0. The van der Waals surface area contributed by atoms with Crippen LogP contribution in [0.1, 0.15) is 6.92 Å². The van der Waals surface area contributed by atoms with Gasteiger partial charge in [-0.15, -0.1) is 0 Å². The van der Waals surface area contributed by atoms with Gasteiger partial charge >= 0.3 is 5.76 Å². The van der Waals surface area contributed by atoms with Gasteiger partial charge in [-0.3, -0.25) is 0 Å². The zero-order valence-corrected chi connectivity index (χ0v) is 4.67. The number of hydrogen-bond acceptors (Lipinski definition) is 1. The summed E-state index contributed by atoms with van der Waals surface area (Å²) in [5.74, 6) is -2.62. The summed E-state index contributed by atoms with van der Waals surface area (Å²) in [6.45, 7) is 1.46. The van der Waals surface area contributed by atoms with Gasteiger partial charge in [0.25, 0.3) is 0 Å². The van der Waals surface area contributed by atoms with Crippen LogP contribution < -0.4 is 0 Å². The summed E-state index contributed by atoms with van der Waals surface area (Å²) in [6.07, 6.45) is 0. The molecule has 0 heterocycles. The normalized spacial score (nSPS) is 15.0. The molecule has 0 aliphatic heterocycles. The van der Waals surface area contributed by atoms with Crippen molar-refractivity contribution in [3.8, 4) is 0 Å². The average molecular weight is 128 g/mol. The molecule has 0 bridgehead atoms. The highest BCUT2D eigenvalue weighted by Crippen LogP contribution is 2.03. The van der Waals surface area contributed by atoms with E-state index in [4.69, 9.17) is 0 Å². The molecule has 7 heavy (non-hydrogen) atoms. The van der Waals surface area contributed by atoms with Crippen molar-refractivity contribution in [1.29, 1.82) is 0 Å². The molecule has 0 aromatic carbocycles. The summed E-state index contributed by atoms with van der Waals surface area (Å²) >= 11 is -1.91. The van der Waals surface area contributed by atoms with Gasteiger partial charge in [0.05, 0.1) is 0 Å². The first-order valence-corrected chi connectivity index (χ1v) is 3.22. The Balaban J connectivity index is 3.14. The number of hydrogen-bond donors (Lipinski definition) is 0. The smallest absolute Gasteiger partial charge is 0.397 e. The van der Waals surface area contributed by atoms with Crippen LogP contribution in [0.4, 0.5) is 8.78 Å². The molecule has 4 heteroatoms. The molecule has 0 spiro atoms. The molecule has 0 saturated carbocycles. The van der Waals surface area contributed by atoms with E-state index in [1.165, 1.54) is 6.92 Å². The van der Waals surface area contributed by atoms with Crippen molar-refractivity contribution < 1.29 is 13.3 Å². The maximum atomic E-state index is 11.1. The topological polar surface area (TPSA) is 23.1 Å². The highest BCUT2D eigenvalue weighted by molar-refractivity contribution is 7.91. The molecule has 1 nitrogen and oxygen atoms in total. The Morgan fingerprint density at radius 1 is 1.71 bits per heavy atom. The number of rotatable bonds is 2. The van der Waals surface area contributed by atoms with Crippen LogP contribution in [0.15, 0.2) is 0 Å². The third kappa shape index (κ3) is 2.82. The van der Waals surface area contributed by atoms with E-state index in [2.05, 4.69) is 0 Å². The molecule has 44 valence electrons. The molecule has 0 N–H and O–H groups in total. The fourth-order valence-corrected chi connectivity index (χ4v) is 0.378. The van der Waals surface area contributed by atoms with E-state index in [1.807, 2.05) is 0 Å². The Labute approximate surface area is 43.9 Å². The fraction of sp³-hybridized carbons (Fsp3) is 1.00. The van der Waals surface area contributed by atoms with E-state index in [0.717, 1.165) is 0 Å². The van der Waals surface area contributed by atoms with E-state index >= 15 is 0 Å². The molecule has 0 aromatic rings. The van der Waals surface area contributed by atoms with Crippen LogP contribution in [0.3, 0.4) is 0 Å². The summed E-state index contributed by atoms with van der Waals surface area (Å²) in [5, 5.41) is 0. The second kappa shape index (κ2) is 3.21. The number of halogens is 2. The van der Waals surface area contributed by atoms with Crippen LogP contribution >= 0.6 is 0 Å². The Morgan fingerprint density at radius 3 is 2.14 bits per heavy atom. The molecule has 0 rings (SSSR count). The van der Waals surface area contributed by atoms with Crippen molar-refractivity contribution in [3.63, 3.8) is 0 Å². The van der Waals surface area contributed by atoms with Crippen molar-refractivity contribution in [2.75, 3.05) is 5.75 Å². The van der Waals surface area contributed by atoms with Crippen molar-refractivity contribution in [2.45, 2.75) is 12.7 Å². The van der Waals surface area contributed by atoms with Crippen LogP contribution in [-0.2, 0) is 11.2 Å².